The van der Waals surface area contributed by atoms with Crippen molar-refractivity contribution in [1.29, 1.82) is 0 Å². The number of aromatic nitrogens is 1. The molecule has 1 N–H and O–H groups in total. The molecular weight excluding hydrogens is 280 g/mol. The van der Waals surface area contributed by atoms with Crippen LogP contribution in [0.4, 0.5) is 0 Å². The summed E-state index contributed by atoms with van der Waals surface area (Å²) in [5.41, 5.74) is 0.691. The largest absolute Gasteiger partial charge is 0.469 e. The van der Waals surface area contributed by atoms with Crippen LogP contribution in [-0.4, -0.2) is 26.2 Å². The molecule has 0 aliphatic carbocycles. The number of carbonyl (C=O) groups excluding carboxylic acids is 1. The Balaban J connectivity index is 2.14. The summed E-state index contributed by atoms with van der Waals surface area (Å²) in [6, 6.07) is 9.49. The maximum absolute atomic E-state index is 12.1. The summed E-state index contributed by atoms with van der Waals surface area (Å²) in [6.45, 7) is 0. The predicted octanol–water partition coefficient (Wildman–Crippen LogP) is 1.14. The Morgan fingerprint density at radius 2 is 1.80 bits per heavy atom. The van der Waals surface area contributed by atoms with Gasteiger partial charge in [-0.05, 0) is 29.8 Å². The maximum atomic E-state index is 12.1. The van der Waals surface area contributed by atoms with Crippen LogP contribution >= 0.6 is 0 Å². The average molecular weight is 294 g/mol. The van der Waals surface area contributed by atoms with Gasteiger partial charge in [0.1, 0.15) is 0 Å². The van der Waals surface area contributed by atoms with E-state index in [9.17, 15) is 13.2 Å². The van der Waals surface area contributed by atoms with E-state index in [0.717, 1.165) is 0 Å². The minimum atomic E-state index is -3.64. The number of ether oxygens (including phenoxy) is 1. The lowest BCUT2D eigenvalue weighted by atomic mass is 10.2. The Bertz CT molecular complexity index is 676. The number of methoxy groups -OCH3 is 1. The van der Waals surface area contributed by atoms with Crippen LogP contribution in [0.1, 0.15) is 5.56 Å². The third-order valence-electron chi connectivity index (χ3n) is 2.64. The van der Waals surface area contributed by atoms with Gasteiger partial charge in [0.25, 0.3) is 10.0 Å². The fourth-order valence-corrected chi connectivity index (χ4v) is 2.61. The first-order valence-electron chi connectivity index (χ1n) is 5.83. The molecule has 7 heteroatoms. The van der Waals surface area contributed by atoms with Gasteiger partial charge in [-0.3, -0.25) is 9.47 Å². The second kappa shape index (κ2) is 5.79. The van der Waals surface area contributed by atoms with Gasteiger partial charge >= 0.3 is 5.97 Å². The van der Waals surface area contributed by atoms with Crippen molar-refractivity contribution in [3.63, 3.8) is 0 Å². The van der Waals surface area contributed by atoms with E-state index in [2.05, 4.69) is 9.57 Å². The Kier molecular flexibility index (Phi) is 4.09. The Morgan fingerprint density at radius 1 is 1.20 bits per heavy atom. The Labute approximate surface area is 117 Å². The first-order chi connectivity index (χ1) is 9.51. The SMILES string of the molecule is COC(=O)Cc1ccc(S(=O)(=O)Nn2cccc2)cc1. The molecule has 1 aromatic heterocycles. The molecule has 0 aliphatic rings. The van der Waals surface area contributed by atoms with Crippen LogP contribution in [0.15, 0.2) is 53.7 Å². The van der Waals surface area contributed by atoms with E-state index in [0.29, 0.717) is 5.56 Å². The molecule has 0 amide bonds. The van der Waals surface area contributed by atoms with Crippen molar-refractivity contribution >= 4 is 16.0 Å². The molecule has 106 valence electrons. The quantitative estimate of drug-likeness (QED) is 0.839. The van der Waals surface area contributed by atoms with Gasteiger partial charge in [0.15, 0.2) is 0 Å². The third kappa shape index (κ3) is 3.39. The number of benzene rings is 1. The van der Waals surface area contributed by atoms with Crippen LogP contribution < -0.4 is 4.83 Å². The second-order valence-electron chi connectivity index (χ2n) is 4.08. The summed E-state index contributed by atoms with van der Waals surface area (Å²) in [7, 11) is -2.33. The minimum absolute atomic E-state index is 0.113. The van der Waals surface area contributed by atoms with E-state index in [4.69, 9.17) is 0 Å². The zero-order valence-electron chi connectivity index (χ0n) is 10.8. The molecule has 0 aliphatic heterocycles. The number of esters is 1. The number of hydrogen-bond donors (Lipinski definition) is 1. The smallest absolute Gasteiger partial charge is 0.309 e. The second-order valence-corrected chi connectivity index (χ2v) is 5.74. The molecule has 0 unspecified atom stereocenters. The van der Waals surface area contributed by atoms with Gasteiger partial charge in [-0.15, -0.1) is 0 Å². The molecule has 2 aromatic rings. The zero-order chi connectivity index (χ0) is 14.6. The minimum Gasteiger partial charge on any atom is -0.469 e. The molecule has 20 heavy (non-hydrogen) atoms. The molecular formula is C13H14N2O4S. The molecule has 0 saturated carbocycles. The normalized spacial score (nSPS) is 11.1. The van der Waals surface area contributed by atoms with Crippen molar-refractivity contribution in [2.75, 3.05) is 11.9 Å². The Hall–Kier alpha value is -2.28. The van der Waals surface area contributed by atoms with Gasteiger partial charge in [0.05, 0.1) is 18.4 Å². The predicted molar refractivity (Wildman–Crippen MR) is 73.1 cm³/mol. The van der Waals surface area contributed by atoms with Gasteiger partial charge < -0.3 is 4.74 Å². The summed E-state index contributed by atoms with van der Waals surface area (Å²) in [5, 5.41) is 0. The number of sulfonamides is 1. The standard InChI is InChI=1S/C13H14N2O4S/c1-19-13(16)10-11-4-6-12(7-5-11)20(17,18)14-15-8-2-3-9-15/h2-9,14H,10H2,1H3. The first-order valence-corrected chi connectivity index (χ1v) is 7.31. The molecule has 1 aromatic carbocycles. The van der Waals surface area contributed by atoms with E-state index in [1.165, 1.54) is 23.9 Å². The average Bonchev–Trinajstić information content (AvgIpc) is 2.91. The fourth-order valence-electron chi connectivity index (χ4n) is 1.61. The summed E-state index contributed by atoms with van der Waals surface area (Å²) < 4.78 is 30.0. The van der Waals surface area contributed by atoms with Gasteiger partial charge in [0, 0.05) is 12.4 Å². The molecule has 0 radical (unpaired) electrons. The highest BCUT2D eigenvalue weighted by Crippen LogP contribution is 2.12. The van der Waals surface area contributed by atoms with Crippen molar-refractivity contribution in [2.24, 2.45) is 0 Å². The van der Waals surface area contributed by atoms with Crippen molar-refractivity contribution < 1.29 is 17.9 Å². The molecule has 0 spiro atoms. The lowest BCUT2D eigenvalue weighted by Gasteiger charge is -2.09. The van der Waals surface area contributed by atoms with E-state index in [1.807, 2.05) is 0 Å². The lowest BCUT2D eigenvalue weighted by Crippen LogP contribution is -2.21. The van der Waals surface area contributed by atoms with Gasteiger partial charge in [-0.25, -0.2) is 4.83 Å². The molecule has 0 saturated heterocycles. The molecule has 0 bridgehead atoms. The van der Waals surface area contributed by atoms with E-state index in [1.54, 1.807) is 36.7 Å². The summed E-state index contributed by atoms with van der Waals surface area (Å²) in [4.78, 5) is 13.6. The monoisotopic (exact) mass is 294 g/mol. The summed E-state index contributed by atoms with van der Waals surface area (Å²) >= 11 is 0. The van der Waals surface area contributed by atoms with Gasteiger partial charge in [0.2, 0.25) is 0 Å². The fraction of sp³-hybridized carbons (Fsp3) is 0.154. The topological polar surface area (TPSA) is 77.4 Å². The first kappa shape index (κ1) is 14.1. The number of nitrogens with one attached hydrogen (secondary N) is 1. The van der Waals surface area contributed by atoms with Crippen molar-refractivity contribution in [2.45, 2.75) is 11.3 Å². The van der Waals surface area contributed by atoms with Gasteiger partial charge in [-0.2, -0.15) is 8.42 Å². The van der Waals surface area contributed by atoms with E-state index >= 15 is 0 Å². The van der Waals surface area contributed by atoms with Crippen molar-refractivity contribution in [3.05, 3.63) is 54.4 Å². The van der Waals surface area contributed by atoms with Crippen LogP contribution in [0.3, 0.4) is 0 Å². The van der Waals surface area contributed by atoms with Crippen LogP contribution in [0.25, 0.3) is 0 Å². The molecule has 2 rings (SSSR count). The van der Waals surface area contributed by atoms with Crippen molar-refractivity contribution in [1.82, 2.24) is 4.68 Å². The Morgan fingerprint density at radius 3 is 2.35 bits per heavy atom. The maximum Gasteiger partial charge on any atom is 0.309 e. The summed E-state index contributed by atoms with van der Waals surface area (Å²) in [5.74, 6) is -0.369. The number of rotatable bonds is 5. The van der Waals surface area contributed by atoms with Crippen LogP contribution in [0.2, 0.25) is 0 Å². The number of nitrogens with zero attached hydrogens (tertiary/aromatic N) is 1. The molecule has 0 atom stereocenters. The third-order valence-corrected chi connectivity index (χ3v) is 3.98. The lowest BCUT2D eigenvalue weighted by molar-refractivity contribution is -0.139. The van der Waals surface area contributed by atoms with Crippen LogP contribution in [0, 0.1) is 0 Å². The highest BCUT2D eigenvalue weighted by Gasteiger charge is 2.14. The number of carbonyl (C=O) groups is 1. The highest BCUT2D eigenvalue weighted by molar-refractivity contribution is 7.92. The van der Waals surface area contributed by atoms with Crippen molar-refractivity contribution in [3.8, 4) is 0 Å². The van der Waals surface area contributed by atoms with E-state index < -0.39 is 10.0 Å². The molecule has 6 nitrogen and oxygen atoms in total. The summed E-state index contributed by atoms with van der Waals surface area (Å²) in [6.07, 6.45) is 3.29. The van der Waals surface area contributed by atoms with Gasteiger partial charge in [-0.1, -0.05) is 12.1 Å². The molecule has 1 heterocycles. The van der Waals surface area contributed by atoms with Crippen LogP contribution in [0.5, 0.6) is 0 Å². The number of hydrogen-bond acceptors (Lipinski definition) is 4. The van der Waals surface area contributed by atoms with Crippen LogP contribution in [-0.2, 0) is 26.0 Å². The van der Waals surface area contributed by atoms with E-state index in [-0.39, 0.29) is 17.3 Å². The molecule has 0 fully saturated rings. The zero-order valence-corrected chi connectivity index (χ0v) is 11.6. The highest BCUT2D eigenvalue weighted by atomic mass is 32.2.